The van der Waals surface area contributed by atoms with Crippen molar-refractivity contribution in [2.45, 2.75) is 0 Å². The van der Waals surface area contributed by atoms with Crippen molar-refractivity contribution in [3.8, 4) is 11.5 Å². The van der Waals surface area contributed by atoms with E-state index in [1.54, 1.807) is 18.2 Å². The van der Waals surface area contributed by atoms with E-state index in [0.717, 1.165) is 6.26 Å². The monoisotopic (exact) mass is 314 g/mol. The van der Waals surface area contributed by atoms with E-state index in [-0.39, 0.29) is 24.9 Å². The molecule has 0 unspecified atom stereocenters. The fourth-order valence-electron chi connectivity index (χ4n) is 2.03. The highest BCUT2D eigenvalue weighted by atomic mass is 32.2. The summed E-state index contributed by atoms with van der Waals surface area (Å²) in [6, 6.07) is 5.05. The Labute approximate surface area is 123 Å². The molecule has 2 rings (SSSR count). The molecule has 0 bridgehead atoms. The lowest BCUT2D eigenvalue weighted by Crippen LogP contribution is -2.53. The van der Waals surface area contributed by atoms with E-state index in [4.69, 9.17) is 9.47 Å². The predicted octanol–water partition coefficient (Wildman–Crippen LogP) is 0.534. The van der Waals surface area contributed by atoms with Crippen LogP contribution in [0, 0.1) is 5.92 Å². The van der Waals surface area contributed by atoms with Crippen molar-refractivity contribution < 1.29 is 22.7 Å². The molecule has 1 aliphatic heterocycles. The lowest BCUT2D eigenvalue weighted by Gasteiger charge is -2.35. The molecule has 1 amide bonds. The van der Waals surface area contributed by atoms with Crippen LogP contribution in [0.15, 0.2) is 18.2 Å². The van der Waals surface area contributed by atoms with Gasteiger partial charge in [-0.25, -0.2) is 12.7 Å². The second-order valence-corrected chi connectivity index (χ2v) is 6.82. The first-order valence-electron chi connectivity index (χ1n) is 6.33. The Kier molecular flexibility index (Phi) is 4.38. The van der Waals surface area contributed by atoms with E-state index in [2.05, 4.69) is 5.32 Å². The van der Waals surface area contributed by atoms with Gasteiger partial charge in [0.1, 0.15) is 0 Å². The molecule has 1 aromatic carbocycles. The van der Waals surface area contributed by atoms with Crippen LogP contribution < -0.4 is 14.8 Å². The van der Waals surface area contributed by atoms with Gasteiger partial charge < -0.3 is 14.8 Å². The van der Waals surface area contributed by atoms with E-state index >= 15 is 0 Å². The number of methoxy groups -OCH3 is 2. The number of rotatable bonds is 5. The van der Waals surface area contributed by atoms with Crippen LogP contribution >= 0.6 is 0 Å². The van der Waals surface area contributed by atoms with Crippen LogP contribution in [0.2, 0.25) is 0 Å². The van der Waals surface area contributed by atoms with E-state index in [1.807, 2.05) is 0 Å². The average Bonchev–Trinajstić information content (AvgIpc) is 2.34. The highest BCUT2D eigenvalue weighted by Gasteiger charge is 2.37. The minimum Gasteiger partial charge on any atom is -0.493 e. The molecule has 0 aromatic heterocycles. The molecule has 8 heteroatoms. The fraction of sp³-hybridized carbons (Fsp3) is 0.462. The molecule has 1 saturated heterocycles. The van der Waals surface area contributed by atoms with Crippen molar-refractivity contribution >= 4 is 21.6 Å². The lowest BCUT2D eigenvalue weighted by atomic mass is 10.0. The SMILES string of the molecule is COc1ccc(NC(=O)C2CN(S(C)(=O)=O)C2)cc1OC. The summed E-state index contributed by atoms with van der Waals surface area (Å²) in [5.74, 6) is 0.555. The van der Waals surface area contributed by atoms with Gasteiger partial charge >= 0.3 is 0 Å². The van der Waals surface area contributed by atoms with E-state index in [0.29, 0.717) is 17.2 Å². The maximum absolute atomic E-state index is 12.0. The molecule has 0 saturated carbocycles. The first-order chi connectivity index (χ1) is 9.85. The fourth-order valence-corrected chi connectivity index (χ4v) is 2.93. The summed E-state index contributed by atoms with van der Waals surface area (Å²) in [6.07, 6.45) is 1.13. The Bertz CT molecular complexity index is 638. The Balaban J connectivity index is 1.98. The third kappa shape index (κ3) is 3.45. The largest absolute Gasteiger partial charge is 0.493 e. The van der Waals surface area contributed by atoms with Gasteiger partial charge in [0, 0.05) is 24.8 Å². The number of carbonyl (C=O) groups excluding carboxylic acids is 1. The van der Waals surface area contributed by atoms with E-state index in [9.17, 15) is 13.2 Å². The maximum atomic E-state index is 12.0. The molecule has 1 N–H and O–H groups in total. The number of sulfonamides is 1. The van der Waals surface area contributed by atoms with Gasteiger partial charge in [0.2, 0.25) is 15.9 Å². The number of hydrogen-bond acceptors (Lipinski definition) is 5. The van der Waals surface area contributed by atoms with E-state index in [1.165, 1.54) is 18.5 Å². The summed E-state index contributed by atoms with van der Waals surface area (Å²) >= 11 is 0. The zero-order valence-electron chi connectivity index (χ0n) is 12.1. The molecular formula is C13H18N2O5S. The van der Waals surface area contributed by atoms with Gasteiger partial charge in [-0.05, 0) is 12.1 Å². The van der Waals surface area contributed by atoms with Crippen LogP contribution in [0.4, 0.5) is 5.69 Å². The molecule has 0 radical (unpaired) electrons. The third-order valence-corrected chi connectivity index (χ3v) is 4.58. The van der Waals surface area contributed by atoms with Gasteiger partial charge in [0.25, 0.3) is 0 Å². The van der Waals surface area contributed by atoms with Crippen LogP contribution in [-0.4, -0.2) is 52.2 Å². The molecule has 0 spiro atoms. The van der Waals surface area contributed by atoms with Gasteiger partial charge in [-0.2, -0.15) is 0 Å². The average molecular weight is 314 g/mol. The second kappa shape index (κ2) is 5.90. The van der Waals surface area contributed by atoms with Crippen molar-refractivity contribution in [2.24, 2.45) is 5.92 Å². The zero-order valence-corrected chi connectivity index (χ0v) is 12.9. The number of benzene rings is 1. The van der Waals surface area contributed by atoms with Gasteiger partial charge in [-0.15, -0.1) is 0 Å². The molecule has 1 aliphatic rings. The number of nitrogens with one attached hydrogen (secondary N) is 1. The Hall–Kier alpha value is -1.80. The minimum absolute atomic E-state index is 0.206. The predicted molar refractivity (Wildman–Crippen MR) is 78.1 cm³/mol. The number of anilines is 1. The van der Waals surface area contributed by atoms with Gasteiger partial charge in [-0.3, -0.25) is 4.79 Å². The van der Waals surface area contributed by atoms with Crippen LogP contribution in [0.3, 0.4) is 0 Å². The van der Waals surface area contributed by atoms with Crippen LogP contribution in [-0.2, 0) is 14.8 Å². The van der Waals surface area contributed by atoms with Gasteiger partial charge in [0.05, 0.1) is 26.4 Å². The van der Waals surface area contributed by atoms with Crippen molar-refractivity contribution in [3.63, 3.8) is 0 Å². The summed E-state index contributed by atoms with van der Waals surface area (Å²) in [6.45, 7) is 0.440. The quantitative estimate of drug-likeness (QED) is 0.857. The number of amides is 1. The molecule has 0 atom stereocenters. The van der Waals surface area contributed by atoms with Gasteiger partial charge in [0.15, 0.2) is 11.5 Å². The van der Waals surface area contributed by atoms with E-state index < -0.39 is 10.0 Å². The lowest BCUT2D eigenvalue weighted by molar-refractivity contribution is -0.122. The van der Waals surface area contributed by atoms with Crippen LogP contribution in [0.1, 0.15) is 0 Å². The first-order valence-corrected chi connectivity index (χ1v) is 8.18. The Morgan fingerprint density at radius 1 is 1.24 bits per heavy atom. The topological polar surface area (TPSA) is 84.9 Å². The summed E-state index contributed by atoms with van der Waals surface area (Å²) < 4.78 is 34.1. The minimum atomic E-state index is -3.21. The third-order valence-electron chi connectivity index (χ3n) is 3.34. The smallest absolute Gasteiger partial charge is 0.230 e. The highest BCUT2D eigenvalue weighted by Crippen LogP contribution is 2.30. The summed E-state index contributed by atoms with van der Waals surface area (Å²) in [7, 11) is -0.163. The number of hydrogen-bond donors (Lipinski definition) is 1. The zero-order chi connectivity index (χ0) is 15.6. The number of nitrogens with zero attached hydrogens (tertiary/aromatic N) is 1. The molecular weight excluding hydrogens is 296 g/mol. The van der Waals surface area contributed by atoms with Crippen molar-refractivity contribution in [1.82, 2.24) is 4.31 Å². The molecule has 0 aliphatic carbocycles. The summed E-state index contributed by atoms with van der Waals surface area (Å²) in [5.41, 5.74) is 0.579. The molecule has 21 heavy (non-hydrogen) atoms. The van der Waals surface area contributed by atoms with Crippen molar-refractivity contribution in [1.29, 1.82) is 0 Å². The number of ether oxygens (including phenoxy) is 2. The summed E-state index contributed by atoms with van der Waals surface area (Å²) in [5, 5.41) is 2.75. The van der Waals surface area contributed by atoms with Crippen LogP contribution in [0.25, 0.3) is 0 Å². The first kappa shape index (κ1) is 15.6. The van der Waals surface area contributed by atoms with Gasteiger partial charge in [-0.1, -0.05) is 0 Å². The molecule has 7 nitrogen and oxygen atoms in total. The number of carbonyl (C=O) groups is 1. The second-order valence-electron chi connectivity index (χ2n) is 4.84. The molecule has 1 aromatic rings. The Morgan fingerprint density at radius 2 is 1.86 bits per heavy atom. The highest BCUT2D eigenvalue weighted by molar-refractivity contribution is 7.88. The van der Waals surface area contributed by atoms with Crippen molar-refractivity contribution in [3.05, 3.63) is 18.2 Å². The normalized spacial score (nSPS) is 16.1. The van der Waals surface area contributed by atoms with Crippen LogP contribution in [0.5, 0.6) is 11.5 Å². The standard InChI is InChI=1S/C13H18N2O5S/c1-19-11-5-4-10(6-12(11)20-2)14-13(16)9-7-15(8-9)21(3,17)18/h4-6,9H,7-8H2,1-3H3,(H,14,16). The van der Waals surface area contributed by atoms with Crippen molar-refractivity contribution in [2.75, 3.05) is 38.9 Å². The Morgan fingerprint density at radius 3 is 2.38 bits per heavy atom. The summed E-state index contributed by atoms with van der Waals surface area (Å²) in [4.78, 5) is 12.0. The molecule has 116 valence electrons. The molecule has 1 fully saturated rings. The maximum Gasteiger partial charge on any atom is 0.230 e. The molecule has 1 heterocycles.